The third kappa shape index (κ3) is 5.79. The number of aromatic nitrogens is 1. The average molecular weight is 353 g/mol. The van der Waals surface area contributed by atoms with Gasteiger partial charge in [0, 0.05) is 0 Å². The van der Waals surface area contributed by atoms with Crippen molar-refractivity contribution in [3.8, 4) is 5.75 Å². The number of nitrogens with one attached hydrogen (secondary N) is 2. The lowest BCUT2D eigenvalue weighted by molar-refractivity contribution is -0.141. The number of carbonyl (C=O) groups is 2. The summed E-state index contributed by atoms with van der Waals surface area (Å²) < 4.78 is 42.5. The molecule has 6 nitrogen and oxygen atoms in total. The highest BCUT2D eigenvalue weighted by molar-refractivity contribution is 6.39. The molecule has 0 radical (unpaired) electrons. The van der Waals surface area contributed by atoms with Crippen LogP contribution in [0.3, 0.4) is 0 Å². The molecule has 0 aliphatic carbocycles. The number of carbonyl (C=O) groups excluding carboxylic acids is 2. The van der Waals surface area contributed by atoms with E-state index < -0.39 is 23.7 Å². The molecule has 1 aromatic heterocycles. The fourth-order valence-electron chi connectivity index (χ4n) is 1.75. The number of rotatable bonds is 5. The monoisotopic (exact) mass is 353 g/mol. The summed E-state index contributed by atoms with van der Waals surface area (Å²) in [5.74, 6) is -1.32. The number of hydrogen-bond donors (Lipinski definition) is 2. The molecule has 0 fully saturated rings. The summed E-state index contributed by atoms with van der Waals surface area (Å²) in [6.07, 6.45) is -3.74. The number of pyridine rings is 1. The van der Waals surface area contributed by atoms with Crippen molar-refractivity contribution in [2.75, 3.05) is 18.5 Å². The molecule has 2 rings (SSSR count). The summed E-state index contributed by atoms with van der Waals surface area (Å²) in [6.45, 7) is 0.247. The number of anilines is 1. The van der Waals surface area contributed by atoms with Crippen molar-refractivity contribution < 1.29 is 27.5 Å². The molecular formula is C16H14F3N3O3. The SMILES string of the molecule is O=C(NCCOc1ccccc1)C(=O)Nc1ccc(C(F)(F)F)nc1. The predicted molar refractivity (Wildman–Crippen MR) is 82.8 cm³/mol. The van der Waals surface area contributed by atoms with E-state index in [4.69, 9.17) is 4.74 Å². The average Bonchev–Trinajstić information content (AvgIpc) is 2.59. The first kappa shape index (κ1) is 18.2. The number of hydrogen-bond acceptors (Lipinski definition) is 4. The minimum absolute atomic E-state index is 0.0197. The van der Waals surface area contributed by atoms with Crippen molar-refractivity contribution in [3.05, 3.63) is 54.4 Å². The molecule has 0 saturated heterocycles. The van der Waals surface area contributed by atoms with E-state index in [1.54, 1.807) is 24.3 Å². The van der Waals surface area contributed by atoms with Gasteiger partial charge in [-0.3, -0.25) is 9.59 Å². The highest BCUT2D eigenvalue weighted by atomic mass is 19.4. The minimum atomic E-state index is -4.57. The van der Waals surface area contributed by atoms with Gasteiger partial charge in [-0.25, -0.2) is 4.98 Å². The first-order valence-corrected chi connectivity index (χ1v) is 7.16. The summed E-state index contributed by atoms with van der Waals surface area (Å²) in [4.78, 5) is 26.4. The zero-order chi connectivity index (χ0) is 18.3. The van der Waals surface area contributed by atoms with Gasteiger partial charge >= 0.3 is 18.0 Å². The number of para-hydroxylation sites is 1. The number of ether oxygens (including phenoxy) is 1. The van der Waals surface area contributed by atoms with Gasteiger partial charge in [-0.1, -0.05) is 18.2 Å². The Hall–Kier alpha value is -3.10. The maximum Gasteiger partial charge on any atom is 0.433 e. The molecule has 2 N–H and O–H groups in total. The molecule has 9 heteroatoms. The first-order chi connectivity index (χ1) is 11.9. The van der Waals surface area contributed by atoms with Crippen molar-refractivity contribution in [1.82, 2.24) is 10.3 Å². The van der Waals surface area contributed by atoms with Gasteiger partial charge in [-0.2, -0.15) is 13.2 Å². The molecule has 0 spiro atoms. The second-order valence-electron chi connectivity index (χ2n) is 4.80. The van der Waals surface area contributed by atoms with Crippen LogP contribution in [0.1, 0.15) is 5.69 Å². The van der Waals surface area contributed by atoms with Crippen molar-refractivity contribution in [3.63, 3.8) is 0 Å². The van der Waals surface area contributed by atoms with E-state index in [-0.39, 0.29) is 18.8 Å². The largest absolute Gasteiger partial charge is 0.492 e. The van der Waals surface area contributed by atoms with Gasteiger partial charge in [0.05, 0.1) is 18.4 Å². The van der Waals surface area contributed by atoms with Gasteiger partial charge in [0.15, 0.2) is 0 Å². The molecule has 132 valence electrons. The van der Waals surface area contributed by atoms with E-state index in [0.29, 0.717) is 11.8 Å². The Morgan fingerprint density at radius 3 is 2.36 bits per heavy atom. The molecule has 0 aliphatic heterocycles. The van der Waals surface area contributed by atoms with E-state index in [1.165, 1.54) is 0 Å². The summed E-state index contributed by atoms with van der Waals surface area (Å²) in [5, 5.41) is 4.49. The van der Waals surface area contributed by atoms with E-state index >= 15 is 0 Å². The van der Waals surface area contributed by atoms with Crippen LogP contribution in [0.4, 0.5) is 18.9 Å². The Morgan fingerprint density at radius 1 is 1.04 bits per heavy atom. The van der Waals surface area contributed by atoms with Crippen LogP contribution in [0.2, 0.25) is 0 Å². The Labute approximate surface area is 141 Å². The topological polar surface area (TPSA) is 80.3 Å². The molecule has 1 aromatic carbocycles. The zero-order valence-corrected chi connectivity index (χ0v) is 12.8. The van der Waals surface area contributed by atoms with E-state index in [0.717, 1.165) is 12.3 Å². The number of alkyl halides is 3. The third-order valence-electron chi connectivity index (χ3n) is 2.92. The standard InChI is InChI=1S/C16H14F3N3O3/c17-16(18,19)13-7-6-11(10-21-13)22-15(24)14(23)20-8-9-25-12-4-2-1-3-5-12/h1-7,10H,8-9H2,(H,20,23)(H,22,24). The number of benzene rings is 1. The maximum atomic E-state index is 12.4. The summed E-state index contributed by atoms with van der Waals surface area (Å²) in [5.41, 5.74) is -1.11. The van der Waals surface area contributed by atoms with E-state index in [2.05, 4.69) is 15.6 Å². The van der Waals surface area contributed by atoms with Gasteiger partial charge < -0.3 is 15.4 Å². The van der Waals surface area contributed by atoms with E-state index in [9.17, 15) is 22.8 Å². The van der Waals surface area contributed by atoms with Crippen molar-refractivity contribution in [1.29, 1.82) is 0 Å². The molecule has 0 atom stereocenters. The molecular weight excluding hydrogens is 339 g/mol. The Balaban J connectivity index is 1.75. The number of halogens is 3. The summed E-state index contributed by atoms with van der Waals surface area (Å²) in [7, 11) is 0. The summed E-state index contributed by atoms with van der Waals surface area (Å²) >= 11 is 0. The van der Waals surface area contributed by atoms with Crippen LogP contribution in [0.5, 0.6) is 5.75 Å². The smallest absolute Gasteiger partial charge is 0.433 e. The zero-order valence-electron chi connectivity index (χ0n) is 12.8. The van der Waals surface area contributed by atoms with Crippen LogP contribution in [-0.4, -0.2) is 29.9 Å². The molecule has 2 aromatic rings. The lowest BCUT2D eigenvalue weighted by Crippen LogP contribution is -2.37. The van der Waals surface area contributed by atoms with Crippen LogP contribution < -0.4 is 15.4 Å². The van der Waals surface area contributed by atoms with Crippen molar-refractivity contribution in [2.24, 2.45) is 0 Å². The molecule has 2 amide bonds. The highest BCUT2D eigenvalue weighted by Crippen LogP contribution is 2.27. The van der Waals surface area contributed by atoms with E-state index in [1.807, 2.05) is 6.07 Å². The highest BCUT2D eigenvalue weighted by Gasteiger charge is 2.32. The van der Waals surface area contributed by atoms with Gasteiger partial charge in [-0.05, 0) is 24.3 Å². The van der Waals surface area contributed by atoms with Gasteiger partial charge in [0.25, 0.3) is 0 Å². The van der Waals surface area contributed by atoms with Crippen LogP contribution in [0.15, 0.2) is 48.7 Å². The number of amides is 2. The molecule has 0 unspecified atom stereocenters. The Morgan fingerprint density at radius 2 is 1.76 bits per heavy atom. The molecule has 25 heavy (non-hydrogen) atoms. The quantitative estimate of drug-likeness (QED) is 0.638. The lowest BCUT2D eigenvalue weighted by atomic mass is 10.3. The summed E-state index contributed by atoms with van der Waals surface area (Å²) in [6, 6.07) is 10.6. The maximum absolute atomic E-state index is 12.4. The van der Waals surface area contributed by atoms with Crippen LogP contribution in [-0.2, 0) is 15.8 Å². The first-order valence-electron chi connectivity index (χ1n) is 7.16. The normalized spacial score (nSPS) is 10.8. The minimum Gasteiger partial charge on any atom is -0.492 e. The second kappa shape index (κ2) is 8.13. The second-order valence-corrected chi connectivity index (χ2v) is 4.80. The van der Waals surface area contributed by atoms with Gasteiger partial charge in [0.1, 0.15) is 18.1 Å². The lowest BCUT2D eigenvalue weighted by Gasteiger charge is -2.09. The van der Waals surface area contributed by atoms with Crippen molar-refractivity contribution in [2.45, 2.75) is 6.18 Å². The molecule has 0 aliphatic rings. The van der Waals surface area contributed by atoms with Crippen LogP contribution in [0, 0.1) is 0 Å². The fraction of sp³-hybridized carbons (Fsp3) is 0.188. The Kier molecular flexibility index (Phi) is 5.93. The molecule has 0 saturated carbocycles. The Bertz CT molecular complexity index is 719. The fourth-order valence-corrected chi connectivity index (χ4v) is 1.75. The molecule has 0 bridgehead atoms. The van der Waals surface area contributed by atoms with Crippen molar-refractivity contribution >= 4 is 17.5 Å². The number of nitrogens with zero attached hydrogens (tertiary/aromatic N) is 1. The predicted octanol–water partition coefficient (Wildman–Crippen LogP) is 2.23. The van der Waals surface area contributed by atoms with Gasteiger partial charge in [0.2, 0.25) is 0 Å². The van der Waals surface area contributed by atoms with Crippen LogP contribution >= 0.6 is 0 Å². The van der Waals surface area contributed by atoms with Gasteiger partial charge in [-0.15, -0.1) is 0 Å². The third-order valence-corrected chi connectivity index (χ3v) is 2.92. The van der Waals surface area contributed by atoms with Crippen LogP contribution in [0.25, 0.3) is 0 Å². The molecule has 1 heterocycles.